The van der Waals surface area contributed by atoms with Gasteiger partial charge in [-0.25, -0.2) is 4.79 Å². The lowest BCUT2D eigenvalue weighted by Crippen LogP contribution is -2.50. The van der Waals surface area contributed by atoms with Crippen molar-refractivity contribution in [3.63, 3.8) is 0 Å². The molecule has 0 radical (unpaired) electrons. The Morgan fingerprint density at radius 3 is 1.96 bits per heavy atom. The van der Waals surface area contributed by atoms with Gasteiger partial charge in [-0.2, -0.15) is 10.5 Å². The van der Waals surface area contributed by atoms with Crippen LogP contribution in [-0.4, -0.2) is 42.8 Å². The van der Waals surface area contributed by atoms with Crippen LogP contribution >= 0.6 is 34.8 Å². The number of hydrogen-bond donors (Lipinski definition) is 0. The highest BCUT2D eigenvalue weighted by Gasteiger charge is 2.30. The molecule has 138 valence electrons. The lowest BCUT2D eigenvalue weighted by Gasteiger charge is -2.37. The molecule has 1 aromatic rings. The fraction of sp³-hybridized carbons (Fsp3) is 0.471. The van der Waals surface area contributed by atoms with Crippen LogP contribution in [0.1, 0.15) is 31.9 Å². The minimum atomic E-state index is -0.570. The summed E-state index contributed by atoms with van der Waals surface area (Å²) in [7, 11) is 0. The predicted molar refractivity (Wildman–Crippen MR) is 101 cm³/mol. The van der Waals surface area contributed by atoms with E-state index in [9.17, 15) is 15.3 Å². The molecule has 1 heterocycles. The lowest BCUT2D eigenvalue weighted by atomic mass is 10.1. The normalized spacial score (nSPS) is 14.6. The number of nitriles is 2. The number of amides is 1. The quantitative estimate of drug-likeness (QED) is 0.633. The second kappa shape index (κ2) is 7.80. The number of hydrogen-bond acceptors (Lipinski definition) is 5. The molecule has 0 atom stereocenters. The number of carbonyl (C=O) groups is 1. The van der Waals surface area contributed by atoms with E-state index in [2.05, 4.69) is 0 Å². The molecule has 1 fully saturated rings. The van der Waals surface area contributed by atoms with Crippen LogP contribution in [0, 0.1) is 22.7 Å². The summed E-state index contributed by atoms with van der Waals surface area (Å²) in [6, 6.07) is 3.86. The summed E-state index contributed by atoms with van der Waals surface area (Å²) in [6.45, 7) is 7.05. The third-order valence-corrected chi connectivity index (χ3v) is 4.99. The van der Waals surface area contributed by atoms with E-state index in [1.807, 2.05) is 17.0 Å². The molecular formula is C17H17Cl3N4O2. The SMILES string of the molecule is CC(C)(C)OC(=O)N1CCN(c2c(Cl)c(Cl)c(C#N)c(Cl)c2C#N)CC1. The third-order valence-electron chi connectivity index (χ3n) is 3.77. The van der Waals surface area contributed by atoms with Crippen molar-refractivity contribution >= 4 is 46.6 Å². The third kappa shape index (κ3) is 4.10. The van der Waals surface area contributed by atoms with E-state index in [0.29, 0.717) is 31.9 Å². The van der Waals surface area contributed by atoms with Crippen LogP contribution in [0.2, 0.25) is 15.1 Å². The Morgan fingerprint density at radius 2 is 1.50 bits per heavy atom. The molecule has 0 saturated carbocycles. The van der Waals surface area contributed by atoms with Crippen LogP contribution in [0.3, 0.4) is 0 Å². The maximum atomic E-state index is 12.2. The van der Waals surface area contributed by atoms with Gasteiger partial charge >= 0.3 is 6.09 Å². The number of ether oxygens (including phenoxy) is 1. The van der Waals surface area contributed by atoms with Gasteiger partial charge in [0.05, 0.1) is 31.9 Å². The standard InChI is InChI=1S/C17H17Cl3N4O2/c1-17(2,3)26-16(25)24-6-4-23(5-7-24)15-11(9-22)12(18)10(8-21)13(19)14(15)20/h4-7H2,1-3H3. The number of anilines is 1. The van der Waals surface area contributed by atoms with Crippen molar-refractivity contribution < 1.29 is 9.53 Å². The highest BCUT2D eigenvalue weighted by molar-refractivity contribution is 6.46. The second-order valence-corrected chi connectivity index (χ2v) is 7.85. The maximum Gasteiger partial charge on any atom is 0.410 e. The van der Waals surface area contributed by atoms with E-state index >= 15 is 0 Å². The largest absolute Gasteiger partial charge is 0.444 e. The molecule has 0 bridgehead atoms. The molecule has 1 aliphatic heterocycles. The summed E-state index contributed by atoms with van der Waals surface area (Å²) in [4.78, 5) is 15.6. The molecule has 1 aliphatic rings. The van der Waals surface area contributed by atoms with Crippen molar-refractivity contribution in [3.05, 3.63) is 26.2 Å². The summed E-state index contributed by atoms with van der Waals surface area (Å²) in [5.74, 6) is 0. The van der Waals surface area contributed by atoms with Crippen molar-refractivity contribution in [1.29, 1.82) is 10.5 Å². The van der Waals surface area contributed by atoms with Crippen molar-refractivity contribution in [1.82, 2.24) is 4.90 Å². The summed E-state index contributed by atoms with van der Waals surface area (Å²) >= 11 is 18.6. The summed E-state index contributed by atoms with van der Waals surface area (Å²) in [5, 5.41) is 18.8. The first-order valence-electron chi connectivity index (χ1n) is 7.84. The van der Waals surface area contributed by atoms with Crippen LogP contribution in [0.15, 0.2) is 0 Å². The van der Waals surface area contributed by atoms with Crippen LogP contribution in [0.4, 0.5) is 10.5 Å². The summed E-state index contributed by atoms with van der Waals surface area (Å²) < 4.78 is 5.37. The molecule has 0 aromatic heterocycles. The lowest BCUT2D eigenvalue weighted by molar-refractivity contribution is 0.0240. The number of carbonyl (C=O) groups excluding carboxylic acids is 1. The number of piperazine rings is 1. The highest BCUT2D eigenvalue weighted by atomic mass is 35.5. The first kappa shape index (κ1) is 20.5. The van der Waals surface area contributed by atoms with E-state index in [0.717, 1.165) is 0 Å². The van der Waals surface area contributed by atoms with Crippen molar-refractivity contribution in [3.8, 4) is 12.1 Å². The monoisotopic (exact) mass is 414 g/mol. The molecule has 0 N–H and O–H groups in total. The average molecular weight is 416 g/mol. The van der Waals surface area contributed by atoms with E-state index < -0.39 is 5.60 Å². The molecule has 9 heteroatoms. The van der Waals surface area contributed by atoms with E-state index in [-0.39, 0.29) is 32.3 Å². The van der Waals surface area contributed by atoms with Gasteiger partial charge in [0, 0.05) is 26.2 Å². The smallest absolute Gasteiger partial charge is 0.410 e. The van der Waals surface area contributed by atoms with Crippen molar-refractivity contribution in [2.75, 3.05) is 31.1 Å². The highest BCUT2D eigenvalue weighted by Crippen LogP contribution is 2.43. The molecule has 1 saturated heterocycles. The van der Waals surface area contributed by atoms with Gasteiger partial charge in [-0.05, 0) is 20.8 Å². The Balaban J connectivity index is 2.27. The Labute approximate surface area is 167 Å². The zero-order valence-electron chi connectivity index (χ0n) is 14.6. The zero-order chi connectivity index (χ0) is 19.6. The zero-order valence-corrected chi connectivity index (χ0v) is 16.8. The molecule has 26 heavy (non-hydrogen) atoms. The summed E-state index contributed by atoms with van der Waals surface area (Å²) in [5.41, 5.74) is -0.110. The van der Waals surface area contributed by atoms with E-state index in [1.165, 1.54) is 0 Å². The molecule has 0 spiro atoms. The first-order valence-corrected chi connectivity index (χ1v) is 8.97. The van der Waals surface area contributed by atoms with Gasteiger partial charge in [0.15, 0.2) is 0 Å². The average Bonchev–Trinajstić information content (AvgIpc) is 2.57. The second-order valence-electron chi connectivity index (χ2n) is 6.72. The maximum absolute atomic E-state index is 12.2. The molecule has 1 amide bonds. The van der Waals surface area contributed by atoms with Crippen molar-refractivity contribution in [2.45, 2.75) is 26.4 Å². The fourth-order valence-electron chi connectivity index (χ4n) is 2.58. The molecular weight excluding hydrogens is 399 g/mol. The van der Waals surface area contributed by atoms with Gasteiger partial charge in [0.1, 0.15) is 17.7 Å². The number of benzene rings is 1. The van der Waals surface area contributed by atoms with Gasteiger partial charge in [-0.15, -0.1) is 0 Å². The van der Waals surface area contributed by atoms with Crippen LogP contribution in [-0.2, 0) is 4.74 Å². The minimum Gasteiger partial charge on any atom is -0.444 e. The Kier molecular flexibility index (Phi) is 6.13. The number of rotatable bonds is 1. The first-order chi connectivity index (χ1) is 12.1. The van der Waals surface area contributed by atoms with E-state index in [4.69, 9.17) is 39.5 Å². The van der Waals surface area contributed by atoms with Crippen molar-refractivity contribution in [2.24, 2.45) is 0 Å². The predicted octanol–water partition coefficient (Wildman–Crippen LogP) is 4.45. The van der Waals surface area contributed by atoms with Gasteiger partial charge in [-0.1, -0.05) is 34.8 Å². The molecule has 1 aromatic carbocycles. The summed E-state index contributed by atoms with van der Waals surface area (Å²) in [6.07, 6.45) is -0.389. The topological polar surface area (TPSA) is 80.4 Å². The molecule has 0 aliphatic carbocycles. The molecule has 0 unspecified atom stereocenters. The fourth-order valence-corrected chi connectivity index (χ4v) is 3.44. The number of nitrogens with zero attached hydrogens (tertiary/aromatic N) is 4. The Hall–Kier alpha value is -1.86. The number of halogens is 3. The molecule has 6 nitrogen and oxygen atoms in total. The Morgan fingerprint density at radius 1 is 0.962 bits per heavy atom. The molecule has 2 rings (SSSR count). The Bertz CT molecular complexity index is 814. The van der Waals surface area contributed by atoms with Gasteiger partial charge in [-0.3, -0.25) is 0 Å². The van der Waals surface area contributed by atoms with Crippen LogP contribution in [0.25, 0.3) is 0 Å². The van der Waals surface area contributed by atoms with Gasteiger partial charge in [0.25, 0.3) is 0 Å². The van der Waals surface area contributed by atoms with Gasteiger partial charge in [0.2, 0.25) is 0 Å². The van der Waals surface area contributed by atoms with Gasteiger partial charge < -0.3 is 14.5 Å². The van der Waals surface area contributed by atoms with E-state index in [1.54, 1.807) is 25.7 Å². The van der Waals surface area contributed by atoms with Crippen LogP contribution < -0.4 is 4.90 Å². The minimum absolute atomic E-state index is 0.0164. The van der Waals surface area contributed by atoms with Crippen LogP contribution in [0.5, 0.6) is 0 Å².